The maximum atomic E-state index is 11.6. The van der Waals surface area contributed by atoms with Gasteiger partial charge in [-0.25, -0.2) is 0 Å². The summed E-state index contributed by atoms with van der Waals surface area (Å²) in [7, 11) is -0.460. The molecule has 0 bridgehead atoms. The van der Waals surface area contributed by atoms with Gasteiger partial charge in [-0.2, -0.15) is 0 Å². The smallest absolute Gasteiger partial charge is 0.123 e. The normalized spacial score (nSPS) is 24.0. The molecule has 2 atom stereocenters. The Bertz CT molecular complexity index is 957. The van der Waals surface area contributed by atoms with E-state index >= 15 is 0 Å². The number of phenolic OH excluding ortho intramolecular Hbond substituents is 1. The van der Waals surface area contributed by atoms with Gasteiger partial charge in [0.15, 0.2) is 0 Å². The second-order valence-corrected chi connectivity index (χ2v) is 15.0. The van der Waals surface area contributed by atoms with Crippen LogP contribution in [0, 0.1) is 5.41 Å². The first-order valence-corrected chi connectivity index (χ1v) is 13.0. The lowest BCUT2D eigenvalue weighted by Gasteiger charge is -2.45. The van der Waals surface area contributed by atoms with Gasteiger partial charge < -0.3 is 5.11 Å². The van der Waals surface area contributed by atoms with E-state index in [1.54, 1.807) is 0 Å². The minimum atomic E-state index is -0.460. The maximum Gasteiger partial charge on any atom is 0.123 e. The fourth-order valence-electron chi connectivity index (χ4n) is 5.02. The van der Waals surface area contributed by atoms with Crippen molar-refractivity contribution in [2.45, 2.75) is 84.7 Å². The molecule has 3 rings (SSSR count). The van der Waals surface area contributed by atoms with E-state index in [2.05, 4.69) is 105 Å². The van der Waals surface area contributed by atoms with E-state index in [1.807, 2.05) is 6.07 Å². The van der Waals surface area contributed by atoms with Crippen molar-refractivity contribution in [1.29, 1.82) is 0 Å². The Morgan fingerprint density at radius 3 is 1.97 bits per heavy atom. The topological polar surface area (TPSA) is 32.6 Å². The van der Waals surface area contributed by atoms with Crippen LogP contribution in [0.15, 0.2) is 53.5 Å². The zero-order valence-corrected chi connectivity index (χ0v) is 21.8. The Balaban J connectivity index is 2.37. The monoisotopic (exact) mass is 437 g/mol. The van der Waals surface area contributed by atoms with E-state index in [1.165, 1.54) is 5.45 Å². The van der Waals surface area contributed by atoms with Crippen LogP contribution >= 0.6 is 7.92 Å². The molecule has 1 fully saturated rings. The number of nitrogens with zero attached hydrogens (tertiary/aromatic N) is 1. The molecule has 1 saturated heterocycles. The number of benzene rings is 2. The van der Waals surface area contributed by atoms with Crippen molar-refractivity contribution >= 4 is 19.1 Å². The molecule has 2 nitrogen and oxygen atoms in total. The molecule has 1 N–H and O–H groups in total. The third-order valence-corrected chi connectivity index (χ3v) is 10.0. The number of hydrogen-bond acceptors (Lipinski definition) is 2. The summed E-state index contributed by atoms with van der Waals surface area (Å²) in [6, 6.07) is 16.7. The Labute approximate surface area is 191 Å². The molecule has 0 aliphatic carbocycles. The largest absolute Gasteiger partial charge is 0.507 e. The van der Waals surface area contributed by atoms with E-state index < -0.39 is 7.92 Å². The number of phenols is 1. The van der Waals surface area contributed by atoms with Gasteiger partial charge in [0.2, 0.25) is 0 Å². The second-order valence-electron chi connectivity index (χ2n) is 12.0. The van der Waals surface area contributed by atoms with E-state index in [4.69, 9.17) is 4.99 Å². The van der Waals surface area contributed by atoms with Crippen LogP contribution in [0.1, 0.15) is 79.9 Å². The summed E-state index contributed by atoms with van der Waals surface area (Å²) >= 11 is 0. The number of aromatic hydroxyl groups is 1. The Morgan fingerprint density at radius 1 is 0.839 bits per heavy atom. The first kappa shape index (κ1) is 24.0. The van der Waals surface area contributed by atoms with Crippen molar-refractivity contribution in [1.82, 2.24) is 0 Å². The fourth-order valence-corrected chi connectivity index (χ4v) is 8.37. The molecule has 0 radical (unpaired) electrons. The molecule has 3 heteroatoms. The number of para-hydroxylation sites is 2. The second kappa shape index (κ2) is 8.04. The Hall–Kier alpha value is -1.66. The van der Waals surface area contributed by atoms with Crippen LogP contribution in [0.25, 0.3) is 0 Å². The molecule has 1 heterocycles. The number of rotatable bonds is 2. The Morgan fingerprint density at radius 2 is 1.45 bits per heavy atom. The van der Waals surface area contributed by atoms with Crippen molar-refractivity contribution in [3.05, 3.63) is 59.7 Å². The molecular weight excluding hydrogens is 397 g/mol. The lowest BCUT2D eigenvalue weighted by Crippen LogP contribution is -2.44. The molecule has 0 aromatic heterocycles. The predicted molar refractivity (Wildman–Crippen MR) is 138 cm³/mol. The zero-order chi connectivity index (χ0) is 23.2. The van der Waals surface area contributed by atoms with Crippen LogP contribution in [-0.4, -0.2) is 21.9 Å². The van der Waals surface area contributed by atoms with Crippen LogP contribution in [0.5, 0.6) is 5.75 Å². The van der Waals surface area contributed by atoms with Gasteiger partial charge in [0.1, 0.15) is 5.75 Å². The molecule has 1 aliphatic heterocycles. The summed E-state index contributed by atoms with van der Waals surface area (Å²) in [5.74, 6) is 0.455. The molecule has 0 saturated carbocycles. The molecule has 0 amide bonds. The summed E-state index contributed by atoms with van der Waals surface area (Å²) in [4.78, 5) is 5.37. The van der Waals surface area contributed by atoms with Crippen molar-refractivity contribution in [2.24, 2.45) is 10.4 Å². The van der Waals surface area contributed by atoms with Gasteiger partial charge in [-0.15, -0.1) is 0 Å². The number of aliphatic imine (C=N–C) groups is 1. The first-order valence-electron chi connectivity index (χ1n) is 11.4. The van der Waals surface area contributed by atoms with Gasteiger partial charge in [0.05, 0.1) is 11.1 Å². The molecule has 2 aromatic carbocycles. The van der Waals surface area contributed by atoms with Gasteiger partial charge in [0, 0.05) is 11.0 Å². The maximum absolute atomic E-state index is 11.6. The van der Waals surface area contributed by atoms with Crippen LogP contribution in [0.2, 0.25) is 0 Å². The van der Waals surface area contributed by atoms with Gasteiger partial charge in [-0.1, -0.05) is 107 Å². The molecule has 2 aromatic rings. The standard InChI is InChI=1S/C28H40NOP/c1-25(2,3)21-16-13-17-22(23(21)30)28(26(4,5)6)18-19-31(27(7,8)9)24(28)29-20-14-11-10-12-15-20/h10-17,30H,18-19H2,1-9H3. The minimum Gasteiger partial charge on any atom is -0.507 e. The fraction of sp³-hybridized carbons (Fsp3) is 0.536. The summed E-state index contributed by atoms with van der Waals surface area (Å²) in [6.45, 7) is 20.5. The molecule has 2 unspecified atom stereocenters. The molecule has 1 aliphatic rings. The van der Waals surface area contributed by atoms with Crippen LogP contribution in [0.3, 0.4) is 0 Å². The molecule has 168 valence electrons. The molecule has 31 heavy (non-hydrogen) atoms. The SMILES string of the molecule is CC(C)(C)c1cccc(C2(C(C)(C)C)CCP(C(C)(C)C)C2=Nc2ccccc2)c1O. The third kappa shape index (κ3) is 4.34. The zero-order valence-electron chi connectivity index (χ0n) is 20.9. The van der Waals surface area contributed by atoms with E-state index in [-0.39, 0.29) is 21.4 Å². The van der Waals surface area contributed by atoms with Crippen LogP contribution < -0.4 is 0 Å². The molecular formula is C28H40NOP. The summed E-state index contributed by atoms with van der Waals surface area (Å²) in [5, 5.41) is 11.8. The minimum absolute atomic E-state index is 0.0864. The average Bonchev–Trinajstić information content (AvgIpc) is 3.02. The van der Waals surface area contributed by atoms with E-state index in [0.29, 0.717) is 5.75 Å². The number of hydrogen-bond donors (Lipinski definition) is 1. The van der Waals surface area contributed by atoms with Gasteiger partial charge >= 0.3 is 0 Å². The van der Waals surface area contributed by atoms with Crippen LogP contribution in [-0.2, 0) is 10.8 Å². The Kier molecular flexibility index (Phi) is 6.22. The molecule has 0 spiro atoms. The predicted octanol–water partition coefficient (Wildman–Crippen LogP) is 8.39. The highest BCUT2D eigenvalue weighted by molar-refractivity contribution is 7.77. The quantitative estimate of drug-likeness (QED) is 0.470. The van der Waals surface area contributed by atoms with Crippen molar-refractivity contribution in [3.8, 4) is 5.75 Å². The van der Waals surface area contributed by atoms with Crippen molar-refractivity contribution in [2.75, 3.05) is 6.16 Å². The van der Waals surface area contributed by atoms with Crippen molar-refractivity contribution in [3.63, 3.8) is 0 Å². The highest BCUT2D eigenvalue weighted by Crippen LogP contribution is 2.68. The summed E-state index contributed by atoms with van der Waals surface area (Å²) in [6.07, 6.45) is 2.16. The van der Waals surface area contributed by atoms with E-state index in [9.17, 15) is 5.11 Å². The van der Waals surface area contributed by atoms with Gasteiger partial charge in [0.25, 0.3) is 0 Å². The van der Waals surface area contributed by atoms with Crippen molar-refractivity contribution < 1.29 is 5.11 Å². The van der Waals surface area contributed by atoms with E-state index in [0.717, 1.165) is 29.4 Å². The lowest BCUT2D eigenvalue weighted by atomic mass is 9.61. The average molecular weight is 438 g/mol. The summed E-state index contributed by atoms with van der Waals surface area (Å²) in [5.41, 5.74) is 3.86. The lowest BCUT2D eigenvalue weighted by molar-refractivity contribution is 0.252. The summed E-state index contributed by atoms with van der Waals surface area (Å²) < 4.78 is 0. The van der Waals surface area contributed by atoms with Gasteiger partial charge in [-0.3, -0.25) is 4.99 Å². The van der Waals surface area contributed by atoms with Crippen LogP contribution in [0.4, 0.5) is 5.69 Å². The third-order valence-electron chi connectivity index (χ3n) is 6.73. The highest BCUT2D eigenvalue weighted by atomic mass is 31.1. The van der Waals surface area contributed by atoms with Gasteiger partial charge in [-0.05, 0) is 46.3 Å². The highest BCUT2D eigenvalue weighted by Gasteiger charge is 2.57. The first-order chi connectivity index (χ1) is 14.2.